The summed E-state index contributed by atoms with van der Waals surface area (Å²) in [5, 5.41) is 15.7. The molecule has 6 nitrogen and oxygen atoms in total. The molecule has 2 aromatic heterocycles. The largest absolute Gasteiger partial charge is 0.330 e. The topological polar surface area (TPSA) is 59.7 Å². The van der Waals surface area contributed by atoms with Crippen LogP contribution in [0.4, 0.5) is 11.5 Å². The van der Waals surface area contributed by atoms with Crippen LogP contribution in [0.5, 0.6) is 0 Å². The first-order valence-corrected chi connectivity index (χ1v) is 10.2. The van der Waals surface area contributed by atoms with Crippen molar-refractivity contribution in [3.8, 4) is 0 Å². The second-order valence-electron chi connectivity index (χ2n) is 7.32. The molecule has 0 radical (unpaired) electrons. The van der Waals surface area contributed by atoms with Gasteiger partial charge in [-0.1, -0.05) is 54.1 Å². The maximum atomic E-state index is 5.43. The predicted octanol–water partition coefficient (Wildman–Crippen LogP) is 4.60. The maximum absolute atomic E-state index is 5.43. The number of hydrogen-bond donors (Lipinski definition) is 2. The first kappa shape index (κ1) is 19.8. The third kappa shape index (κ3) is 5.12. The highest BCUT2D eigenvalue weighted by molar-refractivity contribution is 7.80. The lowest BCUT2D eigenvalue weighted by Gasteiger charge is -2.07. The molecule has 2 N–H and O–H groups in total. The molecule has 0 amide bonds. The van der Waals surface area contributed by atoms with Gasteiger partial charge in [-0.3, -0.25) is 9.36 Å². The number of thiocarbonyl (C=S) groups is 1. The van der Waals surface area contributed by atoms with Gasteiger partial charge in [-0.05, 0) is 42.8 Å². The summed E-state index contributed by atoms with van der Waals surface area (Å²) in [6, 6.07) is 18.6. The van der Waals surface area contributed by atoms with E-state index in [-0.39, 0.29) is 0 Å². The molecule has 4 aromatic rings. The highest BCUT2D eigenvalue weighted by Crippen LogP contribution is 2.13. The van der Waals surface area contributed by atoms with E-state index in [4.69, 9.17) is 12.2 Å². The van der Waals surface area contributed by atoms with Crippen molar-refractivity contribution in [1.82, 2.24) is 19.6 Å². The molecule has 0 aliphatic heterocycles. The Hall–Kier alpha value is -3.45. The Labute approximate surface area is 181 Å². The van der Waals surface area contributed by atoms with Crippen molar-refractivity contribution in [3.63, 3.8) is 0 Å². The molecule has 0 saturated carbocycles. The van der Waals surface area contributed by atoms with Crippen molar-refractivity contribution in [2.75, 3.05) is 10.6 Å². The summed E-state index contributed by atoms with van der Waals surface area (Å²) in [5.74, 6) is 0.701. The Kier molecular flexibility index (Phi) is 5.90. The summed E-state index contributed by atoms with van der Waals surface area (Å²) >= 11 is 5.43. The van der Waals surface area contributed by atoms with Gasteiger partial charge in [0.05, 0.1) is 25.0 Å². The van der Waals surface area contributed by atoms with Crippen LogP contribution in [0, 0.1) is 13.8 Å². The van der Waals surface area contributed by atoms with Crippen LogP contribution in [0.1, 0.15) is 22.3 Å². The van der Waals surface area contributed by atoms with E-state index < -0.39 is 0 Å². The predicted molar refractivity (Wildman–Crippen MR) is 125 cm³/mol. The van der Waals surface area contributed by atoms with Crippen molar-refractivity contribution >= 4 is 28.8 Å². The van der Waals surface area contributed by atoms with Crippen molar-refractivity contribution in [2.45, 2.75) is 26.9 Å². The normalized spacial score (nSPS) is 10.7. The van der Waals surface area contributed by atoms with Crippen LogP contribution >= 0.6 is 12.2 Å². The minimum atomic E-state index is 0.478. The quantitative estimate of drug-likeness (QED) is 0.450. The van der Waals surface area contributed by atoms with E-state index in [0.717, 1.165) is 18.8 Å². The number of anilines is 2. The first-order chi connectivity index (χ1) is 14.5. The molecule has 152 valence electrons. The van der Waals surface area contributed by atoms with Crippen LogP contribution in [0.15, 0.2) is 73.2 Å². The minimum absolute atomic E-state index is 0.478. The molecule has 30 heavy (non-hydrogen) atoms. The third-order valence-corrected chi connectivity index (χ3v) is 5.00. The van der Waals surface area contributed by atoms with Crippen molar-refractivity contribution < 1.29 is 0 Å². The Morgan fingerprint density at radius 1 is 0.967 bits per heavy atom. The molecule has 7 heteroatoms. The number of nitrogens with one attached hydrogen (secondary N) is 2. The molecule has 4 rings (SSSR count). The van der Waals surface area contributed by atoms with Crippen LogP contribution in [0.2, 0.25) is 0 Å². The van der Waals surface area contributed by atoms with Gasteiger partial charge in [-0.2, -0.15) is 10.2 Å². The molecular weight excluding hydrogens is 392 g/mol. The van der Waals surface area contributed by atoms with E-state index in [1.807, 2.05) is 40.0 Å². The summed E-state index contributed by atoms with van der Waals surface area (Å²) in [7, 11) is 0. The third-order valence-electron chi connectivity index (χ3n) is 4.79. The highest BCUT2D eigenvalue weighted by atomic mass is 32.1. The Bertz CT molecular complexity index is 1160. The van der Waals surface area contributed by atoms with Gasteiger partial charge in [0.15, 0.2) is 10.9 Å². The second-order valence-corrected chi connectivity index (χ2v) is 7.73. The summed E-state index contributed by atoms with van der Waals surface area (Å²) < 4.78 is 3.78. The smallest absolute Gasteiger partial charge is 0.176 e. The van der Waals surface area contributed by atoms with E-state index in [9.17, 15) is 0 Å². The standard InChI is InChI=1S/C23H24N6S/c1-17-6-5-8-19(12-17)14-28-11-10-22(27-28)26-23(30)25-21-13-24-29(16-21)15-20-9-4-3-7-18(20)2/h3-13,16H,14-15H2,1-2H3,(H2,25,26,27,30). The monoisotopic (exact) mass is 416 g/mol. The first-order valence-electron chi connectivity index (χ1n) is 9.79. The second kappa shape index (κ2) is 8.92. The number of aromatic nitrogens is 4. The van der Waals surface area contributed by atoms with Crippen LogP contribution in [0.25, 0.3) is 0 Å². The van der Waals surface area contributed by atoms with Gasteiger partial charge >= 0.3 is 0 Å². The van der Waals surface area contributed by atoms with Crippen molar-refractivity contribution in [3.05, 3.63) is 95.4 Å². The molecular formula is C23H24N6S. The zero-order valence-corrected chi connectivity index (χ0v) is 17.9. The Morgan fingerprint density at radius 2 is 1.83 bits per heavy atom. The van der Waals surface area contributed by atoms with Gasteiger partial charge in [0, 0.05) is 18.5 Å². The summed E-state index contributed by atoms with van der Waals surface area (Å²) in [6.07, 6.45) is 5.65. The average molecular weight is 417 g/mol. The van der Waals surface area contributed by atoms with Gasteiger partial charge < -0.3 is 10.6 Å². The van der Waals surface area contributed by atoms with Crippen LogP contribution in [-0.4, -0.2) is 24.7 Å². The zero-order chi connectivity index (χ0) is 20.9. The van der Waals surface area contributed by atoms with Crippen LogP contribution in [0.3, 0.4) is 0 Å². The van der Waals surface area contributed by atoms with Crippen LogP contribution < -0.4 is 10.6 Å². The zero-order valence-electron chi connectivity index (χ0n) is 17.0. The van der Waals surface area contributed by atoms with E-state index in [1.165, 1.54) is 22.3 Å². The molecule has 0 atom stereocenters. The molecule has 0 aliphatic carbocycles. The average Bonchev–Trinajstić information content (AvgIpc) is 3.33. The number of hydrogen-bond acceptors (Lipinski definition) is 3. The molecule has 0 bridgehead atoms. The van der Waals surface area contributed by atoms with Gasteiger partial charge in [0.25, 0.3) is 0 Å². The fourth-order valence-corrected chi connectivity index (χ4v) is 3.49. The van der Waals surface area contributed by atoms with E-state index >= 15 is 0 Å². The number of rotatable bonds is 6. The number of benzene rings is 2. The van der Waals surface area contributed by atoms with Gasteiger partial charge in [-0.15, -0.1) is 0 Å². The summed E-state index contributed by atoms with van der Waals surface area (Å²) in [5.41, 5.74) is 5.78. The fourth-order valence-electron chi connectivity index (χ4n) is 3.27. The van der Waals surface area contributed by atoms with Gasteiger partial charge in [-0.25, -0.2) is 0 Å². The fraction of sp³-hybridized carbons (Fsp3) is 0.174. The molecule has 0 saturated heterocycles. The SMILES string of the molecule is Cc1cccc(Cn2ccc(NC(=S)Nc3cnn(Cc4ccccc4C)c3)n2)c1. The van der Waals surface area contributed by atoms with Gasteiger partial charge in [0.1, 0.15) is 0 Å². The van der Waals surface area contributed by atoms with E-state index in [2.05, 4.69) is 71.1 Å². The molecule has 0 spiro atoms. The molecule has 0 unspecified atom stereocenters. The lowest BCUT2D eigenvalue weighted by molar-refractivity contribution is 0.684. The minimum Gasteiger partial charge on any atom is -0.330 e. The molecule has 2 heterocycles. The van der Waals surface area contributed by atoms with Crippen molar-refractivity contribution in [2.24, 2.45) is 0 Å². The number of nitrogens with zero attached hydrogens (tertiary/aromatic N) is 4. The van der Waals surface area contributed by atoms with E-state index in [0.29, 0.717) is 10.9 Å². The van der Waals surface area contributed by atoms with Crippen molar-refractivity contribution in [1.29, 1.82) is 0 Å². The lowest BCUT2D eigenvalue weighted by atomic mass is 10.1. The highest BCUT2D eigenvalue weighted by Gasteiger charge is 2.06. The summed E-state index contributed by atoms with van der Waals surface area (Å²) in [4.78, 5) is 0. The maximum Gasteiger partial charge on any atom is 0.176 e. The lowest BCUT2D eigenvalue weighted by Crippen LogP contribution is -2.19. The van der Waals surface area contributed by atoms with Crippen LogP contribution in [-0.2, 0) is 13.1 Å². The van der Waals surface area contributed by atoms with Gasteiger partial charge in [0.2, 0.25) is 0 Å². The Balaban J connectivity index is 1.32. The Morgan fingerprint density at radius 3 is 2.67 bits per heavy atom. The summed E-state index contributed by atoms with van der Waals surface area (Å²) in [6.45, 7) is 5.63. The van der Waals surface area contributed by atoms with E-state index in [1.54, 1.807) is 6.20 Å². The molecule has 0 aliphatic rings. The molecule has 0 fully saturated rings. The number of aryl methyl sites for hydroxylation is 2. The molecule has 2 aromatic carbocycles.